The molecule has 1 unspecified atom stereocenters. The van der Waals surface area contributed by atoms with Gasteiger partial charge in [0, 0.05) is 5.56 Å². The van der Waals surface area contributed by atoms with Crippen molar-refractivity contribution in [3.05, 3.63) is 94.0 Å². The first kappa shape index (κ1) is 16.9. The lowest BCUT2D eigenvalue weighted by Crippen LogP contribution is -2.17. The molecule has 5 heteroatoms. The van der Waals surface area contributed by atoms with Gasteiger partial charge in [-0.1, -0.05) is 64.2 Å². The largest absolute Gasteiger partial charge is 0.416 e. The second kappa shape index (κ2) is 7.27. The molecule has 0 heterocycles. The lowest BCUT2D eigenvalue weighted by atomic mass is 10.0. The topological polar surface area (TPSA) is 34.1 Å². The maximum atomic E-state index is 12.9. The van der Waals surface area contributed by atoms with Crippen molar-refractivity contribution < 1.29 is 9.36 Å². The summed E-state index contributed by atoms with van der Waals surface area (Å²) in [7, 11) is -1.88. The maximum Gasteiger partial charge on any atom is 0.416 e. The molecule has 118 valence electrons. The van der Waals surface area contributed by atoms with Crippen LogP contribution in [0.25, 0.3) is 0 Å². The van der Waals surface area contributed by atoms with Gasteiger partial charge in [0.05, 0.1) is 15.6 Å². The van der Waals surface area contributed by atoms with Crippen molar-refractivity contribution in [1.29, 1.82) is 0 Å². The number of halogens is 2. The zero-order chi connectivity index (χ0) is 17.1. The lowest BCUT2D eigenvalue weighted by molar-refractivity contribution is 0.104. The second-order valence-corrected chi connectivity index (χ2v) is 7.45. The summed E-state index contributed by atoms with van der Waals surface area (Å²) in [6, 6.07) is 20.8. The highest BCUT2D eigenvalue weighted by Gasteiger charge is 2.30. The molecule has 0 aliphatic rings. The number of hydrogen-bond acceptors (Lipinski definition) is 2. The van der Waals surface area contributed by atoms with E-state index in [-0.39, 0.29) is 10.8 Å². The number of benzene rings is 3. The Morgan fingerprint density at radius 2 is 1.38 bits per heavy atom. The predicted octanol–water partition coefficient (Wildman–Crippen LogP) is 5.00. The van der Waals surface area contributed by atoms with Crippen LogP contribution in [0.4, 0.5) is 0 Å². The van der Waals surface area contributed by atoms with E-state index in [1.165, 1.54) is 0 Å². The van der Waals surface area contributed by atoms with Crippen LogP contribution in [0.1, 0.15) is 15.9 Å². The summed E-state index contributed by atoms with van der Waals surface area (Å²) in [4.78, 5) is 12.9. The van der Waals surface area contributed by atoms with Crippen LogP contribution >= 0.6 is 31.0 Å². The molecule has 0 saturated carbocycles. The van der Waals surface area contributed by atoms with Crippen LogP contribution in [0.3, 0.4) is 0 Å². The molecule has 1 atom stereocenters. The van der Waals surface area contributed by atoms with E-state index in [0.717, 1.165) is 0 Å². The number of rotatable bonds is 4. The van der Waals surface area contributed by atoms with Crippen LogP contribution in [0.5, 0.6) is 0 Å². The molecule has 0 aliphatic carbocycles. The van der Waals surface area contributed by atoms with Crippen molar-refractivity contribution in [3.63, 3.8) is 0 Å². The van der Waals surface area contributed by atoms with Crippen molar-refractivity contribution in [2.45, 2.75) is 0 Å². The Kier molecular flexibility index (Phi) is 5.11. The first-order valence-electron chi connectivity index (χ1n) is 7.19. The van der Waals surface area contributed by atoms with E-state index in [9.17, 15) is 9.36 Å². The highest BCUT2D eigenvalue weighted by atomic mass is 35.5. The molecule has 24 heavy (non-hydrogen) atoms. The second-order valence-electron chi connectivity index (χ2n) is 5.08. The number of ketones is 1. The number of carbonyl (C=O) groups is 1. The summed E-state index contributed by atoms with van der Waals surface area (Å²) in [5, 5.41) is 1.67. The average molecular weight is 374 g/mol. The molecule has 0 aliphatic heterocycles. The van der Waals surface area contributed by atoms with Crippen LogP contribution < -0.4 is 10.6 Å². The van der Waals surface area contributed by atoms with Gasteiger partial charge in [0.15, 0.2) is 11.1 Å². The quantitative estimate of drug-likeness (QED) is 0.476. The first-order chi connectivity index (χ1) is 11.6. The molecule has 0 spiro atoms. The van der Waals surface area contributed by atoms with E-state index in [2.05, 4.69) is 0 Å². The summed E-state index contributed by atoms with van der Waals surface area (Å²) in [6.07, 6.45) is 0. The third-order valence-corrected chi connectivity index (χ3v) is 5.97. The van der Waals surface area contributed by atoms with Crippen molar-refractivity contribution in [2.75, 3.05) is 0 Å². The minimum Gasteiger partial charge on any atom is -0.288 e. The lowest BCUT2D eigenvalue weighted by Gasteiger charge is -2.05. The minimum atomic E-state index is -1.88. The number of hydrogen-bond donors (Lipinski definition) is 0. The molecule has 0 bridgehead atoms. The highest BCUT2D eigenvalue weighted by Crippen LogP contribution is 2.29. The van der Waals surface area contributed by atoms with Gasteiger partial charge in [0.2, 0.25) is 5.30 Å². The Hall–Kier alpha value is -1.99. The SMILES string of the molecule is O=C(c1ccccc1[P+](=O)c1ccccc1)c1cccc(Cl)c1Cl. The molecule has 0 saturated heterocycles. The van der Waals surface area contributed by atoms with Crippen LogP contribution in [-0.2, 0) is 4.57 Å². The smallest absolute Gasteiger partial charge is 0.288 e. The Balaban J connectivity index is 2.08. The van der Waals surface area contributed by atoms with E-state index in [4.69, 9.17) is 23.2 Å². The summed E-state index contributed by atoms with van der Waals surface area (Å²) < 4.78 is 12.9. The summed E-state index contributed by atoms with van der Waals surface area (Å²) in [5.41, 5.74) is 0.666. The van der Waals surface area contributed by atoms with Crippen LogP contribution in [-0.4, -0.2) is 5.78 Å². The molecule has 0 radical (unpaired) electrons. The average Bonchev–Trinajstić information content (AvgIpc) is 2.63. The molecule has 0 fully saturated rings. The Labute approximate surface area is 150 Å². The van der Waals surface area contributed by atoms with E-state index in [1.54, 1.807) is 54.6 Å². The summed E-state index contributed by atoms with van der Waals surface area (Å²) in [6.45, 7) is 0. The number of carbonyl (C=O) groups excluding carboxylic acids is 1. The van der Waals surface area contributed by atoms with Crippen molar-refractivity contribution in [1.82, 2.24) is 0 Å². The summed E-state index contributed by atoms with van der Waals surface area (Å²) >= 11 is 12.2. The van der Waals surface area contributed by atoms with Crippen LogP contribution in [0.15, 0.2) is 72.8 Å². The van der Waals surface area contributed by atoms with Crippen molar-refractivity contribution in [2.24, 2.45) is 0 Å². The van der Waals surface area contributed by atoms with Gasteiger partial charge in [-0.05, 0) is 36.4 Å². The zero-order valence-corrected chi connectivity index (χ0v) is 14.9. The Bertz CT molecular complexity index is 924. The van der Waals surface area contributed by atoms with Crippen LogP contribution in [0, 0.1) is 0 Å². The molecule has 3 rings (SSSR count). The molecule has 0 aromatic heterocycles. The van der Waals surface area contributed by atoms with Crippen molar-refractivity contribution in [3.8, 4) is 0 Å². The van der Waals surface area contributed by atoms with Crippen LogP contribution in [0.2, 0.25) is 10.0 Å². The Morgan fingerprint density at radius 3 is 2.12 bits per heavy atom. The fourth-order valence-electron chi connectivity index (χ4n) is 2.37. The fourth-order valence-corrected chi connectivity index (χ4v) is 4.09. The third-order valence-electron chi connectivity index (χ3n) is 3.55. The minimum absolute atomic E-state index is 0.203. The zero-order valence-electron chi connectivity index (χ0n) is 12.4. The molecule has 3 aromatic rings. The van der Waals surface area contributed by atoms with Gasteiger partial charge in [0.25, 0.3) is 0 Å². The van der Waals surface area contributed by atoms with E-state index >= 15 is 0 Å². The maximum absolute atomic E-state index is 12.9. The molecule has 2 nitrogen and oxygen atoms in total. The first-order valence-corrected chi connectivity index (χ1v) is 9.21. The molecular formula is C19H12Cl2O2P+. The van der Waals surface area contributed by atoms with E-state index < -0.39 is 7.80 Å². The fraction of sp³-hybridized carbons (Fsp3) is 0. The van der Waals surface area contributed by atoms with Gasteiger partial charge in [-0.15, -0.1) is 0 Å². The van der Waals surface area contributed by atoms with E-state index in [1.807, 2.05) is 18.2 Å². The normalized spacial score (nSPS) is 11.2. The Morgan fingerprint density at radius 1 is 0.750 bits per heavy atom. The third kappa shape index (κ3) is 3.27. The van der Waals surface area contributed by atoms with Crippen molar-refractivity contribution >= 4 is 47.4 Å². The predicted molar refractivity (Wildman–Crippen MR) is 99.7 cm³/mol. The molecule has 0 N–H and O–H groups in total. The molecule has 3 aromatic carbocycles. The van der Waals surface area contributed by atoms with Gasteiger partial charge in [-0.2, -0.15) is 0 Å². The van der Waals surface area contributed by atoms with Gasteiger partial charge < -0.3 is 0 Å². The summed E-state index contributed by atoms with van der Waals surface area (Å²) in [5.74, 6) is -0.294. The molecular weight excluding hydrogens is 362 g/mol. The highest BCUT2D eigenvalue weighted by molar-refractivity contribution is 7.61. The van der Waals surface area contributed by atoms with E-state index in [0.29, 0.717) is 26.8 Å². The van der Waals surface area contributed by atoms with Gasteiger partial charge in [0.1, 0.15) is 0 Å². The van der Waals surface area contributed by atoms with Gasteiger partial charge in [-0.3, -0.25) is 4.79 Å². The van der Waals surface area contributed by atoms with Gasteiger partial charge in [-0.25, -0.2) is 0 Å². The van der Waals surface area contributed by atoms with Gasteiger partial charge >= 0.3 is 7.80 Å². The molecule has 0 amide bonds. The monoisotopic (exact) mass is 373 g/mol. The standard InChI is InChI=1S/C19H12Cl2O2P/c20-16-11-6-10-15(18(16)21)19(22)14-9-4-5-12-17(14)24(23)13-7-2-1-3-8-13/h1-12H/q+1.